The summed E-state index contributed by atoms with van der Waals surface area (Å²) in [4.78, 5) is 27.5. The van der Waals surface area contributed by atoms with Crippen LogP contribution in [0.5, 0.6) is 11.5 Å². The van der Waals surface area contributed by atoms with E-state index in [9.17, 15) is 9.59 Å². The molecule has 1 unspecified atom stereocenters. The van der Waals surface area contributed by atoms with Crippen molar-refractivity contribution in [2.45, 2.75) is 57.4 Å². The molecule has 4 saturated carbocycles. The molecule has 29 heavy (non-hydrogen) atoms. The average Bonchev–Trinajstić information content (AvgIpc) is 3.22. The molecule has 3 amide bonds. The Morgan fingerprint density at radius 1 is 1.03 bits per heavy atom. The van der Waals surface area contributed by atoms with E-state index >= 15 is 0 Å². The van der Waals surface area contributed by atoms with E-state index in [2.05, 4.69) is 5.32 Å². The van der Waals surface area contributed by atoms with Gasteiger partial charge in [-0.15, -0.1) is 0 Å². The fourth-order valence-electron chi connectivity index (χ4n) is 7.25. The Morgan fingerprint density at radius 2 is 1.69 bits per heavy atom. The highest BCUT2D eigenvalue weighted by molar-refractivity contribution is 6.07. The van der Waals surface area contributed by atoms with Crippen LogP contribution >= 0.6 is 0 Å². The van der Waals surface area contributed by atoms with Crippen LogP contribution < -0.4 is 14.8 Å². The Labute approximate surface area is 170 Å². The standard InChI is InChI=1S/C23H28N2O4/c1-22(17-2-3-18-19(9-17)29-13-28-18)20(26)25(21(27)24-22)5-4-23-10-14-6-15(11-23)8-16(7-14)12-23/h2-3,9,14-16H,4-8,10-13H2,1H3,(H,24,27). The van der Waals surface area contributed by atoms with Crippen LogP contribution in [0.15, 0.2) is 18.2 Å². The van der Waals surface area contributed by atoms with Gasteiger partial charge in [0.05, 0.1) is 0 Å². The summed E-state index contributed by atoms with van der Waals surface area (Å²) in [5, 5.41) is 2.94. The van der Waals surface area contributed by atoms with Crippen LogP contribution in [0.3, 0.4) is 0 Å². The van der Waals surface area contributed by atoms with Gasteiger partial charge in [0.2, 0.25) is 6.79 Å². The lowest BCUT2D eigenvalue weighted by Gasteiger charge is -2.57. The fourth-order valence-corrected chi connectivity index (χ4v) is 7.25. The zero-order valence-corrected chi connectivity index (χ0v) is 16.9. The van der Waals surface area contributed by atoms with E-state index in [1.54, 1.807) is 13.0 Å². The second-order valence-corrected chi connectivity index (χ2v) is 10.2. The maximum Gasteiger partial charge on any atom is 0.325 e. The largest absolute Gasteiger partial charge is 0.454 e. The van der Waals surface area contributed by atoms with Gasteiger partial charge in [-0.1, -0.05) is 6.07 Å². The number of carbonyl (C=O) groups is 2. The number of nitrogens with one attached hydrogen (secondary N) is 1. The minimum atomic E-state index is -1.06. The highest BCUT2D eigenvalue weighted by Gasteiger charge is 2.53. The van der Waals surface area contributed by atoms with Crippen molar-refractivity contribution in [2.24, 2.45) is 23.2 Å². The maximum atomic E-state index is 13.3. The normalized spacial score (nSPS) is 39.3. The quantitative estimate of drug-likeness (QED) is 0.787. The molecule has 154 valence electrons. The predicted molar refractivity (Wildman–Crippen MR) is 105 cm³/mol. The third-order valence-electron chi connectivity index (χ3n) is 8.26. The number of hydrogen-bond donors (Lipinski definition) is 1. The van der Waals surface area contributed by atoms with Crippen molar-refractivity contribution in [3.63, 3.8) is 0 Å². The summed E-state index contributed by atoms with van der Waals surface area (Å²) >= 11 is 0. The van der Waals surface area contributed by atoms with Crippen LogP contribution in [0.4, 0.5) is 4.79 Å². The van der Waals surface area contributed by atoms with E-state index in [1.165, 1.54) is 43.4 Å². The third-order valence-corrected chi connectivity index (χ3v) is 8.26. The highest BCUT2D eigenvalue weighted by Crippen LogP contribution is 2.61. The van der Waals surface area contributed by atoms with E-state index in [0.717, 1.165) is 29.7 Å². The number of hydrogen-bond acceptors (Lipinski definition) is 4. The molecule has 2 heterocycles. The molecule has 4 bridgehead atoms. The van der Waals surface area contributed by atoms with Gasteiger partial charge in [-0.25, -0.2) is 4.79 Å². The van der Waals surface area contributed by atoms with Crippen molar-refractivity contribution in [1.82, 2.24) is 10.2 Å². The van der Waals surface area contributed by atoms with Gasteiger partial charge in [-0.05, 0) is 92.7 Å². The molecule has 1 aromatic rings. The summed E-state index contributed by atoms with van der Waals surface area (Å²) in [6.07, 6.45) is 9.05. The fraction of sp³-hybridized carbons (Fsp3) is 0.652. The van der Waals surface area contributed by atoms with Gasteiger partial charge in [0.1, 0.15) is 5.54 Å². The first-order valence-corrected chi connectivity index (χ1v) is 11.0. The number of urea groups is 1. The molecular formula is C23H28N2O4. The highest BCUT2D eigenvalue weighted by atomic mass is 16.7. The predicted octanol–water partition coefficient (Wildman–Crippen LogP) is 3.79. The second kappa shape index (κ2) is 5.89. The molecule has 0 radical (unpaired) electrons. The van der Waals surface area contributed by atoms with Crippen molar-refractivity contribution < 1.29 is 19.1 Å². The van der Waals surface area contributed by atoms with Gasteiger partial charge in [0.15, 0.2) is 11.5 Å². The Kier molecular flexibility index (Phi) is 3.58. The van der Waals surface area contributed by atoms with Crippen LogP contribution in [0.2, 0.25) is 0 Å². The molecule has 2 aliphatic heterocycles. The maximum absolute atomic E-state index is 13.3. The number of rotatable bonds is 4. The summed E-state index contributed by atoms with van der Waals surface area (Å²) in [5.41, 5.74) is 0.0319. The van der Waals surface area contributed by atoms with Crippen LogP contribution in [0.1, 0.15) is 57.4 Å². The van der Waals surface area contributed by atoms with Gasteiger partial charge >= 0.3 is 6.03 Å². The second-order valence-electron chi connectivity index (χ2n) is 10.2. The Bertz CT molecular complexity index is 862. The number of amides is 3. The van der Waals surface area contributed by atoms with Gasteiger partial charge in [-0.3, -0.25) is 9.69 Å². The van der Waals surface area contributed by atoms with Crippen molar-refractivity contribution in [1.29, 1.82) is 0 Å². The van der Waals surface area contributed by atoms with Crippen LogP contribution in [-0.2, 0) is 10.3 Å². The third kappa shape index (κ3) is 2.60. The number of benzene rings is 1. The Balaban J connectivity index is 1.20. The molecule has 1 N–H and O–H groups in total. The zero-order valence-electron chi connectivity index (χ0n) is 16.9. The molecule has 0 aromatic heterocycles. The van der Waals surface area contributed by atoms with E-state index < -0.39 is 5.54 Å². The molecule has 6 nitrogen and oxygen atoms in total. The number of ether oxygens (including phenoxy) is 2. The first kappa shape index (κ1) is 17.6. The van der Waals surface area contributed by atoms with Crippen molar-refractivity contribution in [3.8, 4) is 11.5 Å². The number of imide groups is 1. The van der Waals surface area contributed by atoms with E-state index in [1.807, 2.05) is 12.1 Å². The molecule has 1 saturated heterocycles. The first-order valence-electron chi connectivity index (χ1n) is 11.0. The zero-order chi connectivity index (χ0) is 19.8. The molecule has 1 atom stereocenters. The summed E-state index contributed by atoms with van der Waals surface area (Å²) in [5.74, 6) is 3.77. The molecular weight excluding hydrogens is 368 g/mol. The van der Waals surface area contributed by atoms with Gasteiger partial charge in [0.25, 0.3) is 5.91 Å². The van der Waals surface area contributed by atoms with Crippen LogP contribution in [0, 0.1) is 23.2 Å². The SMILES string of the molecule is CC1(c2ccc3c(c2)OCO3)NC(=O)N(CCC23CC4CC(CC(C4)C2)C3)C1=O. The van der Waals surface area contributed by atoms with Gasteiger partial charge < -0.3 is 14.8 Å². The average molecular weight is 396 g/mol. The minimum Gasteiger partial charge on any atom is -0.454 e. The monoisotopic (exact) mass is 396 g/mol. The summed E-state index contributed by atoms with van der Waals surface area (Å²) in [6, 6.07) is 5.18. The van der Waals surface area contributed by atoms with Crippen LogP contribution in [0.25, 0.3) is 0 Å². The molecule has 0 spiro atoms. The van der Waals surface area contributed by atoms with E-state index in [4.69, 9.17) is 9.47 Å². The molecule has 6 heteroatoms. The summed E-state index contributed by atoms with van der Waals surface area (Å²) < 4.78 is 10.8. The van der Waals surface area contributed by atoms with Crippen LogP contribution in [-0.4, -0.2) is 30.2 Å². The molecule has 6 aliphatic rings. The molecule has 5 fully saturated rings. The lowest BCUT2D eigenvalue weighted by molar-refractivity contribution is -0.131. The lowest BCUT2D eigenvalue weighted by Crippen LogP contribution is -2.48. The van der Waals surface area contributed by atoms with E-state index in [-0.39, 0.29) is 18.7 Å². The molecule has 4 aliphatic carbocycles. The van der Waals surface area contributed by atoms with Gasteiger partial charge in [0, 0.05) is 6.54 Å². The van der Waals surface area contributed by atoms with Crippen molar-refractivity contribution in [3.05, 3.63) is 23.8 Å². The van der Waals surface area contributed by atoms with Crippen molar-refractivity contribution >= 4 is 11.9 Å². The Hall–Kier alpha value is -2.24. The minimum absolute atomic E-state index is 0.161. The number of carbonyl (C=O) groups excluding carboxylic acids is 2. The lowest BCUT2D eigenvalue weighted by atomic mass is 9.49. The molecule has 7 rings (SSSR count). The number of nitrogens with zero attached hydrogens (tertiary/aromatic N) is 1. The first-order chi connectivity index (χ1) is 13.9. The van der Waals surface area contributed by atoms with E-state index in [0.29, 0.717) is 23.5 Å². The summed E-state index contributed by atoms with van der Waals surface area (Å²) in [7, 11) is 0. The molecule has 1 aromatic carbocycles. The summed E-state index contributed by atoms with van der Waals surface area (Å²) in [6.45, 7) is 2.50. The van der Waals surface area contributed by atoms with Crippen molar-refractivity contribution in [2.75, 3.05) is 13.3 Å². The number of fused-ring (bicyclic) bond motifs is 1. The van der Waals surface area contributed by atoms with Gasteiger partial charge in [-0.2, -0.15) is 0 Å². The Morgan fingerprint density at radius 3 is 2.38 bits per heavy atom. The topological polar surface area (TPSA) is 67.9 Å². The smallest absolute Gasteiger partial charge is 0.325 e.